The van der Waals surface area contributed by atoms with Crippen LogP contribution >= 0.6 is 11.8 Å². The molecule has 2 N–H and O–H groups in total. The number of aliphatic imine (C=N–C) groups is 1. The average Bonchev–Trinajstić information content (AvgIpc) is 3.04. The lowest BCUT2D eigenvalue weighted by Gasteiger charge is -2.13. The minimum atomic E-state index is -0.263. The third kappa shape index (κ3) is 4.32. The molecule has 3 aromatic rings. The van der Waals surface area contributed by atoms with Crippen LogP contribution < -0.4 is 11.4 Å². The van der Waals surface area contributed by atoms with E-state index in [1.807, 2.05) is 31.2 Å². The van der Waals surface area contributed by atoms with Gasteiger partial charge in [0, 0.05) is 42.7 Å². The molecule has 0 aliphatic carbocycles. The standard InChI is InChI=1S/C21H24N6OS/c1-14-6-5-7-19(27-21(28)26(4)24-25-27)18(14)13-29-20-9-8-16(10-15(20)2)17(11-22)12-23-3/h5-12H,13,22H2,1-4H3. The smallest absolute Gasteiger partial charge is 0.368 e. The minimum absolute atomic E-state index is 0.263. The number of thioether (sulfide) groups is 1. The van der Waals surface area contributed by atoms with Gasteiger partial charge in [0.15, 0.2) is 0 Å². The van der Waals surface area contributed by atoms with Crippen molar-refractivity contribution in [2.75, 3.05) is 7.05 Å². The van der Waals surface area contributed by atoms with E-state index in [4.69, 9.17) is 5.73 Å². The number of benzene rings is 2. The highest BCUT2D eigenvalue weighted by Crippen LogP contribution is 2.31. The van der Waals surface area contributed by atoms with E-state index in [0.717, 1.165) is 33.5 Å². The van der Waals surface area contributed by atoms with Gasteiger partial charge < -0.3 is 5.73 Å². The molecule has 0 unspecified atom stereocenters. The molecule has 0 aliphatic heterocycles. The number of nitrogens with zero attached hydrogens (tertiary/aromatic N) is 5. The van der Waals surface area contributed by atoms with Crippen LogP contribution in [0.5, 0.6) is 0 Å². The Labute approximate surface area is 173 Å². The van der Waals surface area contributed by atoms with Crippen molar-refractivity contribution in [2.45, 2.75) is 24.5 Å². The molecule has 29 heavy (non-hydrogen) atoms. The quantitative estimate of drug-likeness (QED) is 0.500. The Balaban J connectivity index is 1.89. The number of hydrogen-bond donors (Lipinski definition) is 1. The maximum atomic E-state index is 12.3. The van der Waals surface area contributed by atoms with Gasteiger partial charge >= 0.3 is 5.69 Å². The summed E-state index contributed by atoms with van der Waals surface area (Å²) in [5.74, 6) is 0.710. The maximum Gasteiger partial charge on any atom is 0.368 e. The van der Waals surface area contributed by atoms with Crippen LogP contribution in [0.3, 0.4) is 0 Å². The summed E-state index contributed by atoms with van der Waals surface area (Å²) in [6.45, 7) is 4.12. The monoisotopic (exact) mass is 408 g/mol. The fourth-order valence-electron chi connectivity index (χ4n) is 3.03. The predicted molar refractivity (Wildman–Crippen MR) is 119 cm³/mol. The van der Waals surface area contributed by atoms with Crippen LogP contribution in [-0.2, 0) is 12.8 Å². The van der Waals surface area contributed by atoms with Gasteiger partial charge in [-0.15, -0.1) is 11.8 Å². The molecular formula is C21H24N6OS. The summed E-state index contributed by atoms with van der Waals surface area (Å²) in [4.78, 5) is 17.5. The number of nitrogens with two attached hydrogens (primary N) is 1. The first-order valence-electron chi connectivity index (χ1n) is 9.12. The van der Waals surface area contributed by atoms with Gasteiger partial charge in [0.05, 0.1) is 5.69 Å². The molecule has 0 aliphatic rings. The Bertz CT molecular complexity index is 1140. The molecule has 2 aromatic carbocycles. The van der Waals surface area contributed by atoms with E-state index < -0.39 is 0 Å². The van der Waals surface area contributed by atoms with E-state index in [1.165, 1.54) is 14.3 Å². The van der Waals surface area contributed by atoms with Crippen LogP contribution in [0, 0.1) is 13.8 Å². The van der Waals surface area contributed by atoms with Crippen molar-refractivity contribution < 1.29 is 0 Å². The van der Waals surface area contributed by atoms with Gasteiger partial charge in [-0.05, 0) is 58.7 Å². The highest BCUT2D eigenvalue weighted by Gasteiger charge is 2.14. The fourth-order valence-corrected chi connectivity index (χ4v) is 4.16. The third-order valence-corrected chi connectivity index (χ3v) is 5.87. The van der Waals surface area contributed by atoms with Gasteiger partial charge in [-0.2, -0.15) is 9.36 Å². The number of hydrogen-bond acceptors (Lipinski definition) is 6. The van der Waals surface area contributed by atoms with Crippen LogP contribution in [0.25, 0.3) is 11.3 Å². The Morgan fingerprint density at radius 2 is 2.00 bits per heavy atom. The second-order valence-corrected chi connectivity index (χ2v) is 7.66. The third-order valence-electron chi connectivity index (χ3n) is 4.66. The topological polar surface area (TPSA) is 91.1 Å². The van der Waals surface area contributed by atoms with E-state index >= 15 is 0 Å². The zero-order valence-corrected chi connectivity index (χ0v) is 17.8. The van der Waals surface area contributed by atoms with Crippen LogP contribution in [-0.4, -0.2) is 33.1 Å². The summed E-state index contributed by atoms with van der Waals surface area (Å²) < 4.78 is 2.57. The van der Waals surface area contributed by atoms with E-state index in [9.17, 15) is 4.79 Å². The van der Waals surface area contributed by atoms with Gasteiger partial charge in [0.2, 0.25) is 0 Å². The normalized spacial score (nSPS) is 12.1. The zero-order chi connectivity index (χ0) is 21.0. The molecule has 7 nitrogen and oxygen atoms in total. The molecule has 150 valence electrons. The number of allylic oxidation sites excluding steroid dienone is 1. The lowest BCUT2D eigenvalue weighted by molar-refractivity contribution is 0.692. The average molecular weight is 409 g/mol. The highest BCUT2D eigenvalue weighted by atomic mass is 32.2. The van der Waals surface area contributed by atoms with Crippen molar-refractivity contribution in [3.63, 3.8) is 0 Å². The minimum Gasteiger partial charge on any atom is -0.404 e. The van der Waals surface area contributed by atoms with Crippen LogP contribution in [0.2, 0.25) is 0 Å². The molecule has 0 saturated heterocycles. The lowest BCUT2D eigenvalue weighted by Crippen LogP contribution is -2.23. The number of rotatable bonds is 6. The number of aromatic nitrogens is 4. The van der Waals surface area contributed by atoms with E-state index in [1.54, 1.807) is 38.3 Å². The fraction of sp³-hybridized carbons (Fsp3) is 0.238. The van der Waals surface area contributed by atoms with Gasteiger partial charge in [0.1, 0.15) is 0 Å². The molecule has 3 rings (SSSR count). The van der Waals surface area contributed by atoms with E-state index in [2.05, 4.69) is 34.5 Å². The summed E-state index contributed by atoms with van der Waals surface area (Å²) in [6.07, 6.45) is 3.31. The Morgan fingerprint density at radius 3 is 2.62 bits per heavy atom. The molecule has 0 saturated carbocycles. The summed E-state index contributed by atoms with van der Waals surface area (Å²) in [5.41, 5.74) is 11.5. The summed E-state index contributed by atoms with van der Waals surface area (Å²) in [7, 11) is 3.32. The Hall–Kier alpha value is -3.13. The molecule has 0 amide bonds. The number of aryl methyl sites for hydroxylation is 3. The van der Waals surface area contributed by atoms with Crippen LogP contribution in [0.15, 0.2) is 57.3 Å². The van der Waals surface area contributed by atoms with Crippen molar-refractivity contribution in [1.29, 1.82) is 0 Å². The molecule has 0 fully saturated rings. The molecule has 1 aromatic heterocycles. The van der Waals surface area contributed by atoms with Crippen molar-refractivity contribution >= 4 is 23.5 Å². The summed E-state index contributed by atoms with van der Waals surface area (Å²) in [6, 6.07) is 12.1. The lowest BCUT2D eigenvalue weighted by atomic mass is 10.1. The van der Waals surface area contributed by atoms with Gasteiger partial charge in [0.25, 0.3) is 0 Å². The highest BCUT2D eigenvalue weighted by molar-refractivity contribution is 7.98. The van der Waals surface area contributed by atoms with Crippen molar-refractivity contribution in [3.8, 4) is 5.69 Å². The SMILES string of the molecule is CN=CC(=CN)c1ccc(SCc2c(C)cccc2-n2nnn(C)c2=O)c(C)c1. The van der Waals surface area contributed by atoms with Crippen molar-refractivity contribution in [2.24, 2.45) is 17.8 Å². The van der Waals surface area contributed by atoms with E-state index in [0.29, 0.717) is 5.75 Å². The molecule has 0 atom stereocenters. The van der Waals surface area contributed by atoms with Crippen molar-refractivity contribution in [3.05, 3.63) is 75.3 Å². The largest absolute Gasteiger partial charge is 0.404 e. The zero-order valence-electron chi connectivity index (χ0n) is 17.0. The summed E-state index contributed by atoms with van der Waals surface area (Å²) >= 11 is 1.72. The second-order valence-electron chi connectivity index (χ2n) is 6.65. The van der Waals surface area contributed by atoms with Gasteiger partial charge in [-0.25, -0.2) is 4.79 Å². The first kappa shape index (κ1) is 20.6. The van der Waals surface area contributed by atoms with Crippen molar-refractivity contribution in [1.82, 2.24) is 19.8 Å². The second kappa shape index (κ2) is 8.91. The molecule has 0 radical (unpaired) electrons. The molecule has 8 heteroatoms. The molecule has 0 bridgehead atoms. The first-order chi connectivity index (χ1) is 14.0. The first-order valence-corrected chi connectivity index (χ1v) is 10.1. The number of tetrazole rings is 1. The molecular weight excluding hydrogens is 384 g/mol. The van der Waals surface area contributed by atoms with Crippen LogP contribution in [0.4, 0.5) is 0 Å². The Kier molecular flexibility index (Phi) is 6.33. The summed E-state index contributed by atoms with van der Waals surface area (Å²) in [5, 5.41) is 7.82. The van der Waals surface area contributed by atoms with Crippen LogP contribution in [0.1, 0.15) is 22.3 Å². The van der Waals surface area contributed by atoms with E-state index in [-0.39, 0.29) is 5.69 Å². The predicted octanol–water partition coefficient (Wildman–Crippen LogP) is 2.88. The molecule has 1 heterocycles. The van der Waals surface area contributed by atoms with Gasteiger partial charge in [-0.1, -0.05) is 24.3 Å². The Morgan fingerprint density at radius 1 is 1.21 bits per heavy atom. The van der Waals surface area contributed by atoms with Gasteiger partial charge in [-0.3, -0.25) is 4.99 Å². The molecule has 0 spiro atoms. The maximum absolute atomic E-state index is 12.3.